The average Bonchev–Trinajstić information content (AvgIpc) is 2.36. The SMILES string of the molecule is Nc1cncc2sccc12. The van der Waals surface area contributed by atoms with E-state index >= 15 is 0 Å². The van der Waals surface area contributed by atoms with Crippen molar-refractivity contribution in [2.75, 3.05) is 5.73 Å². The van der Waals surface area contributed by atoms with Crippen LogP contribution in [0.15, 0.2) is 23.8 Å². The number of thiophene rings is 1. The summed E-state index contributed by atoms with van der Waals surface area (Å²) in [5.41, 5.74) is 6.41. The molecule has 0 unspecified atom stereocenters. The minimum atomic E-state index is 0.763. The Morgan fingerprint density at radius 1 is 1.40 bits per heavy atom. The number of nitrogens with two attached hydrogens (primary N) is 1. The summed E-state index contributed by atoms with van der Waals surface area (Å²) in [6, 6.07) is 2.01. The molecule has 0 atom stereocenters. The van der Waals surface area contributed by atoms with E-state index in [1.54, 1.807) is 17.5 Å². The van der Waals surface area contributed by atoms with E-state index in [1.165, 1.54) is 0 Å². The highest BCUT2D eigenvalue weighted by molar-refractivity contribution is 7.17. The molecule has 0 aliphatic heterocycles. The van der Waals surface area contributed by atoms with Gasteiger partial charge in [-0.15, -0.1) is 11.3 Å². The first-order chi connectivity index (χ1) is 4.88. The summed E-state index contributed by atoms with van der Waals surface area (Å²) in [5.74, 6) is 0. The first-order valence-corrected chi connectivity index (χ1v) is 3.82. The Balaban J connectivity index is 2.95. The molecule has 0 aliphatic carbocycles. The molecule has 0 aliphatic rings. The first kappa shape index (κ1) is 5.68. The van der Waals surface area contributed by atoms with Gasteiger partial charge in [0.1, 0.15) is 0 Å². The molecule has 0 saturated carbocycles. The Bertz CT molecular complexity index is 353. The fraction of sp³-hybridized carbons (Fsp3) is 0. The van der Waals surface area contributed by atoms with E-state index < -0.39 is 0 Å². The molecule has 0 saturated heterocycles. The van der Waals surface area contributed by atoms with Crippen LogP contribution in [0, 0.1) is 0 Å². The van der Waals surface area contributed by atoms with Gasteiger partial charge in [-0.05, 0) is 11.4 Å². The van der Waals surface area contributed by atoms with Crippen molar-refractivity contribution in [1.29, 1.82) is 0 Å². The van der Waals surface area contributed by atoms with Crippen molar-refractivity contribution in [3.63, 3.8) is 0 Å². The van der Waals surface area contributed by atoms with Crippen LogP contribution < -0.4 is 5.73 Å². The molecule has 0 bridgehead atoms. The number of pyridine rings is 1. The van der Waals surface area contributed by atoms with Crippen LogP contribution in [0.4, 0.5) is 5.69 Å². The largest absolute Gasteiger partial charge is 0.397 e. The molecule has 2 N–H and O–H groups in total. The van der Waals surface area contributed by atoms with E-state index in [4.69, 9.17) is 5.73 Å². The normalized spacial score (nSPS) is 10.4. The van der Waals surface area contributed by atoms with E-state index in [-0.39, 0.29) is 0 Å². The number of anilines is 1. The van der Waals surface area contributed by atoms with Crippen molar-refractivity contribution < 1.29 is 0 Å². The van der Waals surface area contributed by atoms with Crippen molar-refractivity contribution in [2.24, 2.45) is 0 Å². The summed E-state index contributed by atoms with van der Waals surface area (Å²) in [6.45, 7) is 0. The fourth-order valence-corrected chi connectivity index (χ4v) is 1.70. The Kier molecular flexibility index (Phi) is 1.11. The lowest BCUT2D eigenvalue weighted by molar-refractivity contribution is 1.38. The van der Waals surface area contributed by atoms with Crippen molar-refractivity contribution in [3.8, 4) is 0 Å². The summed E-state index contributed by atoms with van der Waals surface area (Å²) in [4.78, 5) is 3.97. The second-order valence-electron chi connectivity index (χ2n) is 2.06. The molecule has 2 aromatic rings. The van der Waals surface area contributed by atoms with Gasteiger partial charge in [0.2, 0.25) is 0 Å². The molecule has 0 spiro atoms. The van der Waals surface area contributed by atoms with Crippen LogP contribution in [0.25, 0.3) is 10.1 Å². The second-order valence-corrected chi connectivity index (χ2v) is 3.01. The van der Waals surface area contributed by atoms with Gasteiger partial charge in [0, 0.05) is 11.6 Å². The molecule has 0 fully saturated rings. The van der Waals surface area contributed by atoms with Crippen LogP contribution in [0.1, 0.15) is 0 Å². The third-order valence-electron chi connectivity index (χ3n) is 1.41. The molecule has 0 aromatic carbocycles. The van der Waals surface area contributed by atoms with E-state index in [0.717, 1.165) is 15.8 Å². The van der Waals surface area contributed by atoms with E-state index in [2.05, 4.69) is 4.98 Å². The van der Waals surface area contributed by atoms with Crippen molar-refractivity contribution >= 4 is 27.1 Å². The number of hydrogen-bond acceptors (Lipinski definition) is 3. The van der Waals surface area contributed by atoms with Gasteiger partial charge in [-0.3, -0.25) is 4.98 Å². The Morgan fingerprint density at radius 3 is 3.10 bits per heavy atom. The van der Waals surface area contributed by atoms with E-state index in [1.807, 2.05) is 17.6 Å². The second kappa shape index (κ2) is 1.95. The first-order valence-electron chi connectivity index (χ1n) is 2.94. The number of fused-ring (bicyclic) bond motifs is 1. The zero-order valence-electron chi connectivity index (χ0n) is 5.24. The predicted molar refractivity (Wildman–Crippen MR) is 44.0 cm³/mol. The molecular weight excluding hydrogens is 144 g/mol. The molecule has 0 radical (unpaired) electrons. The van der Waals surface area contributed by atoms with Crippen LogP contribution in [-0.2, 0) is 0 Å². The van der Waals surface area contributed by atoms with Crippen LogP contribution in [0.5, 0.6) is 0 Å². The lowest BCUT2D eigenvalue weighted by Gasteiger charge is -1.91. The number of nitrogen functional groups attached to an aromatic ring is 1. The maximum absolute atomic E-state index is 5.64. The van der Waals surface area contributed by atoms with Crippen LogP contribution in [-0.4, -0.2) is 4.98 Å². The zero-order chi connectivity index (χ0) is 6.97. The van der Waals surface area contributed by atoms with Gasteiger partial charge >= 0.3 is 0 Å². The van der Waals surface area contributed by atoms with Crippen molar-refractivity contribution in [1.82, 2.24) is 4.98 Å². The van der Waals surface area contributed by atoms with E-state index in [9.17, 15) is 0 Å². The molecule has 0 amide bonds. The smallest absolute Gasteiger partial charge is 0.0588 e. The maximum Gasteiger partial charge on any atom is 0.0588 e. The Labute approximate surface area is 62.3 Å². The molecule has 2 nitrogen and oxygen atoms in total. The summed E-state index contributed by atoms with van der Waals surface area (Å²) < 4.78 is 1.15. The highest BCUT2D eigenvalue weighted by Gasteiger charge is 1.96. The van der Waals surface area contributed by atoms with Gasteiger partial charge in [-0.1, -0.05) is 0 Å². The Hall–Kier alpha value is -1.09. The maximum atomic E-state index is 5.64. The van der Waals surface area contributed by atoms with Gasteiger partial charge in [-0.2, -0.15) is 0 Å². The highest BCUT2D eigenvalue weighted by Crippen LogP contribution is 2.23. The summed E-state index contributed by atoms with van der Waals surface area (Å²) in [6.07, 6.45) is 3.51. The van der Waals surface area contributed by atoms with Crippen LogP contribution in [0.3, 0.4) is 0 Å². The number of nitrogens with zero attached hydrogens (tertiary/aromatic N) is 1. The lowest BCUT2D eigenvalue weighted by atomic mass is 10.3. The zero-order valence-corrected chi connectivity index (χ0v) is 6.06. The molecule has 2 aromatic heterocycles. The lowest BCUT2D eigenvalue weighted by Crippen LogP contribution is -1.84. The molecule has 2 heterocycles. The summed E-state index contributed by atoms with van der Waals surface area (Å²) >= 11 is 1.66. The highest BCUT2D eigenvalue weighted by atomic mass is 32.1. The molecule has 10 heavy (non-hydrogen) atoms. The van der Waals surface area contributed by atoms with Crippen molar-refractivity contribution in [2.45, 2.75) is 0 Å². The molecule has 3 heteroatoms. The number of rotatable bonds is 0. The van der Waals surface area contributed by atoms with Gasteiger partial charge in [-0.25, -0.2) is 0 Å². The average molecular weight is 150 g/mol. The number of aromatic nitrogens is 1. The van der Waals surface area contributed by atoms with Crippen LogP contribution in [0.2, 0.25) is 0 Å². The third-order valence-corrected chi connectivity index (χ3v) is 2.26. The molecule has 50 valence electrons. The monoisotopic (exact) mass is 150 g/mol. The minimum Gasteiger partial charge on any atom is -0.397 e. The summed E-state index contributed by atoms with van der Waals surface area (Å²) in [5, 5.41) is 3.13. The van der Waals surface area contributed by atoms with Gasteiger partial charge in [0.25, 0.3) is 0 Å². The summed E-state index contributed by atoms with van der Waals surface area (Å²) in [7, 11) is 0. The predicted octanol–water partition coefficient (Wildman–Crippen LogP) is 1.88. The minimum absolute atomic E-state index is 0.763. The third kappa shape index (κ3) is 0.675. The Morgan fingerprint density at radius 2 is 2.30 bits per heavy atom. The van der Waals surface area contributed by atoms with Crippen LogP contribution >= 0.6 is 11.3 Å². The fourth-order valence-electron chi connectivity index (χ4n) is 0.914. The number of hydrogen-bond donors (Lipinski definition) is 1. The molecular formula is C7H6N2S. The molecule has 2 rings (SSSR count). The standard InChI is InChI=1S/C7H6N2S/c8-6-3-9-4-7-5(6)1-2-10-7/h1-4H,8H2. The van der Waals surface area contributed by atoms with E-state index in [0.29, 0.717) is 0 Å². The van der Waals surface area contributed by atoms with Crippen molar-refractivity contribution in [3.05, 3.63) is 23.8 Å². The topological polar surface area (TPSA) is 38.9 Å². The van der Waals surface area contributed by atoms with Gasteiger partial charge in [0.05, 0.1) is 16.6 Å². The van der Waals surface area contributed by atoms with Gasteiger partial charge < -0.3 is 5.73 Å². The quantitative estimate of drug-likeness (QED) is 0.622. The van der Waals surface area contributed by atoms with Gasteiger partial charge in [0.15, 0.2) is 0 Å².